The van der Waals surface area contributed by atoms with E-state index in [0.717, 1.165) is 17.9 Å². The molecule has 96 valence electrons. The highest BCUT2D eigenvalue weighted by molar-refractivity contribution is 5.39. The molecule has 0 spiro atoms. The summed E-state index contributed by atoms with van der Waals surface area (Å²) in [6.45, 7) is 4.10. The zero-order valence-corrected chi connectivity index (χ0v) is 10.7. The number of aromatic nitrogens is 2. The topological polar surface area (TPSA) is 47.3 Å². The maximum Gasteiger partial charge on any atom is 0.121 e. The van der Waals surface area contributed by atoms with Gasteiger partial charge >= 0.3 is 0 Å². The molecule has 0 aliphatic carbocycles. The highest BCUT2D eigenvalue weighted by Gasteiger charge is 2.04. The summed E-state index contributed by atoms with van der Waals surface area (Å²) in [7, 11) is 0. The molecule has 0 saturated carbocycles. The molecule has 1 heterocycles. The Morgan fingerprint density at radius 3 is 2.94 bits per heavy atom. The van der Waals surface area contributed by atoms with Gasteiger partial charge in [-0.1, -0.05) is 13.0 Å². The molecule has 2 rings (SSSR count). The fraction of sp³-hybridized carbons (Fsp3) is 0.357. The number of rotatable bonds is 5. The SMILES string of the molecule is CCC(C)Oc1cccc(-n2cnc(CO)c2)c1. The number of hydrogen-bond acceptors (Lipinski definition) is 3. The average molecular weight is 246 g/mol. The molecule has 0 fully saturated rings. The molecule has 1 N–H and O–H groups in total. The highest BCUT2D eigenvalue weighted by atomic mass is 16.5. The lowest BCUT2D eigenvalue weighted by molar-refractivity contribution is 0.217. The van der Waals surface area contributed by atoms with Crippen LogP contribution in [0.2, 0.25) is 0 Å². The Labute approximate surface area is 107 Å². The van der Waals surface area contributed by atoms with Gasteiger partial charge in [0, 0.05) is 12.3 Å². The highest BCUT2D eigenvalue weighted by Crippen LogP contribution is 2.18. The molecule has 0 aliphatic rings. The Morgan fingerprint density at radius 2 is 2.28 bits per heavy atom. The van der Waals surface area contributed by atoms with Crippen LogP contribution in [0, 0.1) is 0 Å². The van der Waals surface area contributed by atoms with Crippen LogP contribution in [-0.4, -0.2) is 20.8 Å². The Bertz CT molecular complexity index is 508. The van der Waals surface area contributed by atoms with Crippen molar-refractivity contribution in [2.45, 2.75) is 33.0 Å². The van der Waals surface area contributed by atoms with Crippen LogP contribution in [-0.2, 0) is 6.61 Å². The van der Waals surface area contributed by atoms with Crippen molar-refractivity contribution in [3.8, 4) is 11.4 Å². The summed E-state index contributed by atoms with van der Waals surface area (Å²) < 4.78 is 7.65. The van der Waals surface area contributed by atoms with Gasteiger partial charge in [0.2, 0.25) is 0 Å². The first-order chi connectivity index (χ1) is 8.72. The maximum absolute atomic E-state index is 9.00. The predicted octanol–water partition coefficient (Wildman–Crippen LogP) is 2.54. The van der Waals surface area contributed by atoms with E-state index in [1.54, 1.807) is 6.33 Å². The third-order valence-corrected chi connectivity index (χ3v) is 2.83. The minimum absolute atomic E-state index is 0.0456. The second-order valence-electron chi connectivity index (χ2n) is 4.26. The number of aliphatic hydroxyl groups excluding tert-OH is 1. The van der Waals surface area contributed by atoms with E-state index in [2.05, 4.69) is 11.9 Å². The van der Waals surface area contributed by atoms with E-state index in [9.17, 15) is 0 Å². The van der Waals surface area contributed by atoms with Crippen LogP contribution < -0.4 is 4.74 Å². The quantitative estimate of drug-likeness (QED) is 0.882. The number of aliphatic hydroxyl groups is 1. The normalized spacial score (nSPS) is 12.4. The van der Waals surface area contributed by atoms with Crippen molar-refractivity contribution >= 4 is 0 Å². The summed E-state index contributed by atoms with van der Waals surface area (Å²) in [4.78, 5) is 4.09. The van der Waals surface area contributed by atoms with Crippen LogP contribution in [0.1, 0.15) is 26.0 Å². The summed E-state index contributed by atoms with van der Waals surface area (Å²) in [5.74, 6) is 0.848. The van der Waals surface area contributed by atoms with Crippen LogP contribution >= 0.6 is 0 Å². The summed E-state index contributed by atoms with van der Waals surface area (Å²) in [6, 6.07) is 7.84. The van der Waals surface area contributed by atoms with Gasteiger partial charge in [0.15, 0.2) is 0 Å². The van der Waals surface area contributed by atoms with Gasteiger partial charge in [-0.2, -0.15) is 0 Å². The molecule has 1 aromatic heterocycles. The van der Waals surface area contributed by atoms with Gasteiger partial charge < -0.3 is 14.4 Å². The van der Waals surface area contributed by atoms with E-state index in [0.29, 0.717) is 5.69 Å². The first-order valence-corrected chi connectivity index (χ1v) is 6.13. The smallest absolute Gasteiger partial charge is 0.121 e. The molecule has 4 nitrogen and oxygen atoms in total. The van der Waals surface area contributed by atoms with Crippen LogP contribution in [0.3, 0.4) is 0 Å². The zero-order chi connectivity index (χ0) is 13.0. The van der Waals surface area contributed by atoms with E-state index < -0.39 is 0 Å². The predicted molar refractivity (Wildman–Crippen MR) is 69.9 cm³/mol. The fourth-order valence-corrected chi connectivity index (χ4v) is 1.62. The molecule has 1 atom stereocenters. The molecule has 0 saturated heterocycles. The van der Waals surface area contributed by atoms with Crippen molar-refractivity contribution in [1.82, 2.24) is 9.55 Å². The lowest BCUT2D eigenvalue weighted by Crippen LogP contribution is -2.09. The van der Waals surface area contributed by atoms with Gasteiger partial charge in [0.1, 0.15) is 5.75 Å². The van der Waals surface area contributed by atoms with E-state index in [1.165, 1.54) is 0 Å². The van der Waals surface area contributed by atoms with Gasteiger partial charge in [-0.05, 0) is 25.5 Å². The number of benzene rings is 1. The Hall–Kier alpha value is -1.81. The van der Waals surface area contributed by atoms with Crippen LogP contribution in [0.4, 0.5) is 0 Å². The zero-order valence-electron chi connectivity index (χ0n) is 10.7. The summed E-state index contributed by atoms with van der Waals surface area (Å²) >= 11 is 0. The van der Waals surface area contributed by atoms with Crippen molar-refractivity contribution in [3.63, 3.8) is 0 Å². The van der Waals surface area contributed by atoms with E-state index in [-0.39, 0.29) is 12.7 Å². The first kappa shape index (κ1) is 12.6. The molecule has 0 bridgehead atoms. The summed E-state index contributed by atoms with van der Waals surface area (Å²) in [5.41, 5.74) is 1.63. The molecule has 0 aliphatic heterocycles. The van der Waals surface area contributed by atoms with Crippen molar-refractivity contribution in [2.75, 3.05) is 0 Å². The molecular formula is C14H18N2O2. The lowest BCUT2D eigenvalue weighted by Gasteiger charge is -2.13. The first-order valence-electron chi connectivity index (χ1n) is 6.13. The Balaban J connectivity index is 2.21. The van der Waals surface area contributed by atoms with Crippen molar-refractivity contribution in [1.29, 1.82) is 0 Å². The second kappa shape index (κ2) is 5.69. The monoisotopic (exact) mass is 246 g/mol. The summed E-state index contributed by atoms with van der Waals surface area (Å²) in [6.07, 6.45) is 4.68. The third kappa shape index (κ3) is 2.90. The van der Waals surface area contributed by atoms with Gasteiger partial charge in [-0.15, -0.1) is 0 Å². The number of hydrogen-bond donors (Lipinski definition) is 1. The van der Waals surface area contributed by atoms with Crippen molar-refractivity contribution < 1.29 is 9.84 Å². The van der Waals surface area contributed by atoms with E-state index >= 15 is 0 Å². The second-order valence-corrected chi connectivity index (χ2v) is 4.26. The van der Waals surface area contributed by atoms with Gasteiger partial charge in [-0.25, -0.2) is 4.98 Å². The van der Waals surface area contributed by atoms with Gasteiger partial charge in [-0.3, -0.25) is 0 Å². The molecular weight excluding hydrogens is 228 g/mol. The number of ether oxygens (including phenoxy) is 1. The van der Waals surface area contributed by atoms with Gasteiger partial charge in [0.05, 0.1) is 30.4 Å². The maximum atomic E-state index is 9.00. The van der Waals surface area contributed by atoms with Crippen LogP contribution in [0.25, 0.3) is 5.69 Å². The van der Waals surface area contributed by atoms with Crippen molar-refractivity contribution in [2.24, 2.45) is 0 Å². The van der Waals surface area contributed by atoms with Crippen LogP contribution in [0.15, 0.2) is 36.8 Å². The number of imidazole rings is 1. The third-order valence-electron chi connectivity index (χ3n) is 2.83. The Morgan fingerprint density at radius 1 is 1.44 bits per heavy atom. The molecule has 0 amide bonds. The molecule has 0 radical (unpaired) electrons. The minimum Gasteiger partial charge on any atom is -0.491 e. The summed E-state index contributed by atoms with van der Waals surface area (Å²) in [5, 5.41) is 9.00. The molecule has 4 heteroatoms. The molecule has 2 aromatic rings. The van der Waals surface area contributed by atoms with Crippen molar-refractivity contribution in [3.05, 3.63) is 42.5 Å². The van der Waals surface area contributed by atoms with Crippen LogP contribution in [0.5, 0.6) is 5.75 Å². The van der Waals surface area contributed by atoms with Gasteiger partial charge in [0.25, 0.3) is 0 Å². The fourth-order valence-electron chi connectivity index (χ4n) is 1.62. The number of nitrogens with zero attached hydrogens (tertiary/aromatic N) is 2. The molecule has 18 heavy (non-hydrogen) atoms. The minimum atomic E-state index is -0.0456. The van der Waals surface area contributed by atoms with E-state index in [4.69, 9.17) is 9.84 Å². The standard InChI is InChI=1S/C14H18N2O2/c1-3-11(2)18-14-6-4-5-13(7-14)16-8-12(9-17)15-10-16/h4-8,10-11,17H,3,9H2,1-2H3. The molecule has 1 unspecified atom stereocenters. The molecule has 1 aromatic carbocycles. The largest absolute Gasteiger partial charge is 0.491 e. The Kier molecular flexibility index (Phi) is 3.99. The average Bonchev–Trinajstić information content (AvgIpc) is 2.87. The lowest BCUT2D eigenvalue weighted by atomic mass is 10.2. The van der Waals surface area contributed by atoms with E-state index in [1.807, 2.05) is 42.0 Å².